The fraction of sp³-hybridized carbons (Fsp3) is 0.800. The van der Waals surface area contributed by atoms with Crippen LogP contribution < -0.4 is 5.32 Å². The average molecular weight is 452 g/mol. The Bertz CT molecular complexity index is 694. The van der Waals surface area contributed by atoms with Crippen molar-refractivity contribution in [2.24, 2.45) is 17.3 Å². The number of carbonyl (C=O) groups is 3. The predicted molar refractivity (Wildman–Crippen MR) is 128 cm³/mol. The van der Waals surface area contributed by atoms with E-state index in [1.807, 2.05) is 34.6 Å². The number of hydrogen-bond acceptors (Lipinski definition) is 4. The van der Waals surface area contributed by atoms with Crippen molar-refractivity contribution >= 4 is 17.8 Å². The molecule has 184 valence electrons. The van der Waals surface area contributed by atoms with Crippen LogP contribution in [0, 0.1) is 17.3 Å². The lowest BCUT2D eigenvalue weighted by Gasteiger charge is -2.40. The number of carboxylic acid groups (broad SMARTS) is 1. The van der Waals surface area contributed by atoms with Crippen LogP contribution in [-0.4, -0.2) is 71.0 Å². The van der Waals surface area contributed by atoms with Crippen molar-refractivity contribution in [3.63, 3.8) is 0 Å². The van der Waals surface area contributed by atoms with Crippen LogP contribution in [0.15, 0.2) is 11.6 Å². The van der Waals surface area contributed by atoms with Gasteiger partial charge in [0.15, 0.2) is 0 Å². The summed E-state index contributed by atoms with van der Waals surface area (Å²) in [6.45, 7) is 17.3. The molecule has 0 bridgehead atoms. The van der Waals surface area contributed by atoms with Gasteiger partial charge in [-0.2, -0.15) is 0 Å². The predicted octanol–water partition coefficient (Wildman–Crippen LogP) is 3.54. The van der Waals surface area contributed by atoms with Crippen molar-refractivity contribution in [1.82, 2.24) is 15.1 Å². The van der Waals surface area contributed by atoms with Gasteiger partial charge in [0.2, 0.25) is 11.8 Å². The zero-order valence-electron chi connectivity index (χ0n) is 21.6. The summed E-state index contributed by atoms with van der Waals surface area (Å²) in [5.74, 6) is -0.810. The number of piperidine rings is 1. The summed E-state index contributed by atoms with van der Waals surface area (Å²) in [6.07, 6.45) is 4.52. The van der Waals surface area contributed by atoms with Gasteiger partial charge < -0.3 is 15.3 Å². The van der Waals surface area contributed by atoms with E-state index in [2.05, 4.69) is 24.1 Å². The van der Waals surface area contributed by atoms with Gasteiger partial charge >= 0.3 is 5.97 Å². The van der Waals surface area contributed by atoms with Crippen molar-refractivity contribution in [3.05, 3.63) is 11.6 Å². The molecule has 0 spiro atoms. The van der Waals surface area contributed by atoms with E-state index in [-0.39, 0.29) is 35.4 Å². The molecule has 32 heavy (non-hydrogen) atoms. The molecule has 0 aromatic heterocycles. The molecule has 7 nitrogen and oxygen atoms in total. The number of aliphatic carboxylic acids is 1. The molecule has 2 amide bonds. The summed E-state index contributed by atoms with van der Waals surface area (Å²) in [5, 5.41) is 12.4. The summed E-state index contributed by atoms with van der Waals surface area (Å²) in [4.78, 5) is 42.1. The van der Waals surface area contributed by atoms with E-state index in [0.29, 0.717) is 5.92 Å². The van der Waals surface area contributed by atoms with E-state index >= 15 is 0 Å². The lowest BCUT2D eigenvalue weighted by atomic mass is 9.84. The summed E-state index contributed by atoms with van der Waals surface area (Å²) < 4.78 is 0. The first-order chi connectivity index (χ1) is 14.7. The largest absolute Gasteiger partial charge is 0.478 e. The maximum absolute atomic E-state index is 13.6. The smallest absolute Gasteiger partial charge is 0.331 e. The molecule has 0 saturated carbocycles. The van der Waals surface area contributed by atoms with Crippen LogP contribution in [0.4, 0.5) is 0 Å². The molecular weight excluding hydrogens is 406 g/mol. The van der Waals surface area contributed by atoms with Crippen molar-refractivity contribution < 1.29 is 19.5 Å². The quantitative estimate of drug-likeness (QED) is 0.523. The molecule has 1 aliphatic rings. The van der Waals surface area contributed by atoms with Crippen LogP contribution >= 0.6 is 0 Å². The monoisotopic (exact) mass is 451 g/mol. The second kappa shape index (κ2) is 11.8. The molecule has 0 radical (unpaired) electrons. The Morgan fingerprint density at radius 1 is 1.16 bits per heavy atom. The van der Waals surface area contributed by atoms with Crippen LogP contribution in [0.2, 0.25) is 0 Å². The van der Waals surface area contributed by atoms with Gasteiger partial charge in [-0.25, -0.2) is 4.79 Å². The topological polar surface area (TPSA) is 90.0 Å². The summed E-state index contributed by atoms with van der Waals surface area (Å²) in [6, 6.07) is -1.31. The molecule has 1 fully saturated rings. The molecule has 7 heteroatoms. The van der Waals surface area contributed by atoms with Crippen LogP contribution in [-0.2, 0) is 14.4 Å². The number of likely N-dealkylation sites (N-methyl/N-ethyl adjacent to an activating group) is 1. The minimum absolute atomic E-state index is 0.0226. The molecule has 0 aromatic carbocycles. The van der Waals surface area contributed by atoms with Crippen molar-refractivity contribution in [2.45, 2.75) is 92.8 Å². The highest BCUT2D eigenvalue weighted by molar-refractivity contribution is 5.91. The normalized spacial score (nSPS) is 20.2. The van der Waals surface area contributed by atoms with Gasteiger partial charge in [-0.15, -0.1) is 0 Å². The van der Waals surface area contributed by atoms with Crippen LogP contribution in [0.1, 0.15) is 74.7 Å². The first-order valence-electron chi connectivity index (χ1n) is 11.9. The molecule has 1 rings (SSSR count). The van der Waals surface area contributed by atoms with Crippen molar-refractivity contribution in [3.8, 4) is 0 Å². The van der Waals surface area contributed by atoms with E-state index in [4.69, 9.17) is 0 Å². The maximum Gasteiger partial charge on any atom is 0.331 e. The fourth-order valence-electron chi connectivity index (χ4n) is 4.29. The Morgan fingerprint density at radius 3 is 2.22 bits per heavy atom. The van der Waals surface area contributed by atoms with E-state index in [1.165, 1.54) is 6.92 Å². The van der Waals surface area contributed by atoms with E-state index < -0.39 is 17.4 Å². The highest BCUT2D eigenvalue weighted by Crippen LogP contribution is 2.25. The minimum atomic E-state index is -1.00. The zero-order chi connectivity index (χ0) is 24.8. The third-order valence-electron chi connectivity index (χ3n) is 6.15. The Balaban J connectivity index is 3.13. The maximum atomic E-state index is 13.6. The second-order valence-corrected chi connectivity index (χ2v) is 11.0. The minimum Gasteiger partial charge on any atom is -0.478 e. The average Bonchev–Trinajstić information content (AvgIpc) is 2.67. The third kappa shape index (κ3) is 7.91. The number of carbonyl (C=O) groups excluding carboxylic acids is 2. The lowest BCUT2D eigenvalue weighted by Crippen LogP contribution is -2.60. The number of nitrogens with zero attached hydrogens (tertiary/aromatic N) is 2. The SMILES string of the molecule is C/C(=C\[C@H](C(C)C)N(C)C(=O)C(NC(=O)C1CCCCN1CC(C)C)C(C)(C)C)C(=O)O. The number of amides is 2. The van der Waals surface area contributed by atoms with Gasteiger partial charge in [0.1, 0.15) is 6.04 Å². The van der Waals surface area contributed by atoms with Crippen molar-refractivity contribution in [2.75, 3.05) is 20.1 Å². The highest BCUT2D eigenvalue weighted by Gasteiger charge is 2.39. The molecule has 1 heterocycles. The summed E-state index contributed by atoms with van der Waals surface area (Å²) in [5.41, 5.74) is -0.294. The standard InChI is InChI=1S/C25H45N3O4/c1-16(2)15-28-13-11-10-12-19(28)22(29)26-21(25(6,7)8)23(30)27(9)20(17(3)4)14-18(5)24(31)32/h14,16-17,19-21H,10-13,15H2,1-9H3,(H,26,29)(H,31,32)/b18-14+/t19?,20-,21?/m1/s1. The molecule has 0 aromatic rings. The zero-order valence-corrected chi connectivity index (χ0v) is 21.6. The Hall–Kier alpha value is -1.89. The first kappa shape index (κ1) is 28.1. The van der Waals surface area contributed by atoms with E-state index in [0.717, 1.165) is 32.4 Å². The Morgan fingerprint density at radius 2 is 1.75 bits per heavy atom. The number of rotatable bonds is 9. The molecule has 1 saturated heterocycles. The number of likely N-dealkylation sites (tertiary alicyclic amines) is 1. The molecule has 0 aliphatic carbocycles. The molecular formula is C25H45N3O4. The van der Waals surface area contributed by atoms with E-state index in [1.54, 1.807) is 18.0 Å². The van der Waals surface area contributed by atoms with Crippen LogP contribution in [0.5, 0.6) is 0 Å². The van der Waals surface area contributed by atoms with Crippen molar-refractivity contribution in [1.29, 1.82) is 0 Å². The second-order valence-electron chi connectivity index (χ2n) is 11.0. The summed E-state index contributed by atoms with van der Waals surface area (Å²) >= 11 is 0. The Labute approximate surface area is 194 Å². The van der Waals surface area contributed by atoms with E-state index in [9.17, 15) is 19.5 Å². The van der Waals surface area contributed by atoms with Gasteiger partial charge in [0.05, 0.1) is 12.1 Å². The number of nitrogens with one attached hydrogen (secondary N) is 1. The van der Waals surface area contributed by atoms with Gasteiger partial charge in [0, 0.05) is 19.2 Å². The molecule has 1 aliphatic heterocycles. The lowest BCUT2D eigenvalue weighted by molar-refractivity contribution is -0.142. The third-order valence-corrected chi connectivity index (χ3v) is 6.15. The highest BCUT2D eigenvalue weighted by atomic mass is 16.4. The molecule has 2 unspecified atom stereocenters. The number of carboxylic acids is 1. The summed E-state index contributed by atoms with van der Waals surface area (Å²) in [7, 11) is 1.69. The van der Waals surface area contributed by atoms with Gasteiger partial charge in [-0.3, -0.25) is 14.5 Å². The molecule has 3 atom stereocenters. The fourth-order valence-corrected chi connectivity index (χ4v) is 4.29. The number of hydrogen-bond donors (Lipinski definition) is 2. The van der Waals surface area contributed by atoms with Gasteiger partial charge in [-0.05, 0) is 43.6 Å². The molecule has 2 N–H and O–H groups in total. The Kier molecular flexibility index (Phi) is 10.4. The first-order valence-corrected chi connectivity index (χ1v) is 11.9. The van der Waals surface area contributed by atoms with Gasteiger partial charge in [-0.1, -0.05) is 61.0 Å². The van der Waals surface area contributed by atoms with Crippen LogP contribution in [0.3, 0.4) is 0 Å². The van der Waals surface area contributed by atoms with Crippen LogP contribution in [0.25, 0.3) is 0 Å². The van der Waals surface area contributed by atoms with Gasteiger partial charge in [0.25, 0.3) is 0 Å².